The van der Waals surface area contributed by atoms with Gasteiger partial charge in [0.25, 0.3) is 0 Å². The van der Waals surface area contributed by atoms with Gasteiger partial charge in [-0.05, 0) is 12.1 Å². The van der Waals surface area contributed by atoms with Gasteiger partial charge >= 0.3 is 6.18 Å². The Labute approximate surface area is 152 Å². The summed E-state index contributed by atoms with van der Waals surface area (Å²) in [4.78, 5) is 8.37. The fourth-order valence-electron chi connectivity index (χ4n) is 2.24. The van der Waals surface area contributed by atoms with Gasteiger partial charge in [0.15, 0.2) is 6.29 Å². The third-order valence-electron chi connectivity index (χ3n) is 3.62. The van der Waals surface area contributed by atoms with Crippen LogP contribution in [0.5, 0.6) is 5.88 Å². The SMILES string of the molecule is C=C(Oc1ncc(CC2OC2OC)nc1-c1ccc(Cl)cc1)C(F)(F)F. The number of hydrogen-bond acceptors (Lipinski definition) is 5. The molecule has 5 nitrogen and oxygen atoms in total. The number of alkyl halides is 3. The van der Waals surface area contributed by atoms with Crippen LogP contribution >= 0.6 is 11.6 Å². The molecular formula is C17H14ClF3N2O3. The minimum atomic E-state index is -4.70. The van der Waals surface area contributed by atoms with Crippen LogP contribution in [-0.4, -0.2) is 35.6 Å². The first kappa shape index (κ1) is 18.6. The number of methoxy groups -OCH3 is 1. The Kier molecular flexibility index (Phi) is 5.17. The topological polar surface area (TPSA) is 56.8 Å². The van der Waals surface area contributed by atoms with Crippen LogP contribution in [0.4, 0.5) is 13.2 Å². The van der Waals surface area contributed by atoms with Crippen LogP contribution in [0.3, 0.4) is 0 Å². The number of rotatable bonds is 6. The number of aromatic nitrogens is 2. The summed E-state index contributed by atoms with van der Waals surface area (Å²) in [6.07, 6.45) is -3.43. The van der Waals surface area contributed by atoms with Crippen LogP contribution in [0.1, 0.15) is 5.69 Å². The first-order valence-electron chi connectivity index (χ1n) is 7.52. The third kappa shape index (κ3) is 4.32. The van der Waals surface area contributed by atoms with E-state index in [-0.39, 0.29) is 24.0 Å². The second kappa shape index (κ2) is 7.22. The van der Waals surface area contributed by atoms with Gasteiger partial charge in [0.05, 0.1) is 11.9 Å². The lowest BCUT2D eigenvalue weighted by Crippen LogP contribution is -2.17. The Morgan fingerprint density at radius 3 is 2.58 bits per heavy atom. The van der Waals surface area contributed by atoms with Crippen molar-refractivity contribution in [3.8, 4) is 17.1 Å². The molecule has 2 atom stereocenters. The maximum Gasteiger partial charge on any atom is 0.448 e. The number of hydrogen-bond donors (Lipinski definition) is 0. The van der Waals surface area contributed by atoms with Crippen molar-refractivity contribution in [2.24, 2.45) is 0 Å². The van der Waals surface area contributed by atoms with E-state index >= 15 is 0 Å². The van der Waals surface area contributed by atoms with E-state index in [0.29, 0.717) is 22.7 Å². The minimum absolute atomic E-state index is 0.152. The smallest absolute Gasteiger partial charge is 0.432 e. The molecule has 1 aromatic carbocycles. The maximum absolute atomic E-state index is 12.7. The molecule has 3 rings (SSSR count). The molecule has 26 heavy (non-hydrogen) atoms. The normalized spacial score (nSPS) is 19.3. The van der Waals surface area contributed by atoms with Crippen LogP contribution in [0, 0.1) is 0 Å². The summed E-state index contributed by atoms with van der Waals surface area (Å²) in [5.74, 6) is -1.67. The standard InChI is InChI=1S/C17H14ClF3N2O3/c1-9(17(19,20)21)25-15-14(10-3-5-11(18)6-4-10)23-12(8-22-15)7-13-16(24-2)26-13/h3-6,8,13,16H,1,7H2,2H3. The fourth-order valence-corrected chi connectivity index (χ4v) is 2.37. The van der Waals surface area contributed by atoms with Gasteiger partial charge in [-0.1, -0.05) is 30.3 Å². The van der Waals surface area contributed by atoms with Gasteiger partial charge in [-0.3, -0.25) is 0 Å². The van der Waals surface area contributed by atoms with Crippen LogP contribution in [0.15, 0.2) is 42.8 Å². The Balaban J connectivity index is 1.92. The first-order chi connectivity index (χ1) is 12.3. The Morgan fingerprint density at radius 1 is 1.31 bits per heavy atom. The summed E-state index contributed by atoms with van der Waals surface area (Å²) < 4.78 is 53.4. The minimum Gasteiger partial charge on any atom is -0.432 e. The molecule has 0 spiro atoms. The van der Waals surface area contributed by atoms with Gasteiger partial charge in [0.1, 0.15) is 11.8 Å². The van der Waals surface area contributed by atoms with E-state index in [4.69, 9.17) is 25.8 Å². The highest BCUT2D eigenvalue weighted by molar-refractivity contribution is 6.30. The van der Waals surface area contributed by atoms with E-state index < -0.39 is 11.9 Å². The Bertz CT molecular complexity index is 812. The molecule has 0 aliphatic carbocycles. The molecule has 1 aromatic heterocycles. The van der Waals surface area contributed by atoms with Crippen molar-refractivity contribution in [1.29, 1.82) is 0 Å². The number of ether oxygens (including phenoxy) is 3. The van der Waals surface area contributed by atoms with Crippen LogP contribution in [0.2, 0.25) is 5.02 Å². The predicted molar refractivity (Wildman–Crippen MR) is 87.7 cm³/mol. The van der Waals surface area contributed by atoms with Crippen molar-refractivity contribution < 1.29 is 27.4 Å². The van der Waals surface area contributed by atoms with E-state index in [1.54, 1.807) is 24.3 Å². The Hall–Kier alpha value is -2.16. The number of benzene rings is 1. The van der Waals surface area contributed by atoms with Gasteiger partial charge in [-0.15, -0.1) is 0 Å². The molecule has 0 N–H and O–H groups in total. The van der Waals surface area contributed by atoms with E-state index in [1.165, 1.54) is 13.3 Å². The molecular weight excluding hydrogens is 373 g/mol. The summed E-state index contributed by atoms with van der Waals surface area (Å²) in [6, 6.07) is 6.42. The van der Waals surface area contributed by atoms with Crippen LogP contribution in [0.25, 0.3) is 11.3 Å². The fraction of sp³-hybridized carbons (Fsp3) is 0.294. The highest BCUT2D eigenvalue weighted by Gasteiger charge is 2.40. The molecule has 2 unspecified atom stereocenters. The second-order valence-electron chi connectivity index (χ2n) is 5.53. The molecule has 1 fully saturated rings. The quantitative estimate of drug-likeness (QED) is 0.551. The van der Waals surface area contributed by atoms with Crippen molar-refractivity contribution in [3.63, 3.8) is 0 Å². The zero-order valence-electron chi connectivity index (χ0n) is 13.6. The third-order valence-corrected chi connectivity index (χ3v) is 3.87. The summed E-state index contributed by atoms with van der Waals surface area (Å²) in [7, 11) is 1.52. The number of nitrogens with zero attached hydrogens (tertiary/aromatic N) is 2. The lowest BCUT2D eigenvalue weighted by molar-refractivity contribution is -0.116. The lowest BCUT2D eigenvalue weighted by atomic mass is 10.1. The molecule has 0 saturated carbocycles. The first-order valence-corrected chi connectivity index (χ1v) is 7.90. The molecule has 0 radical (unpaired) electrons. The van der Waals surface area contributed by atoms with E-state index in [2.05, 4.69) is 16.5 Å². The Morgan fingerprint density at radius 2 is 2.00 bits per heavy atom. The van der Waals surface area contributed by atoms with E-state index in [1.807, 2.05) is 0 Å². The number of allylic oxidation sites excluding steroid dienone is 1. The summed E-state index contributed by atoms with van der Waals surface area (Å²) >= 11 is 5.86. The van der Waals surface area contributed by atoms with E-state index in [0.717, 1.165) is 0 Å². The molecule has 2 heterocycles. The largest absolute Gasteiger partial charge is 0.448 e. The highest BCUT2D eigenvalue weighted by Crippen LogP contribution is 2.33. The van der Waals surface area contributed by atoms with Crippen LogP contribution in [-0.2, 0) is 15.9 Å². The average Bonchev–Trinajstić information content (AvgIpc) is 3.34. The van der Waals surface area contributed by atoms with Gasteiger partial charge in [0, 0.05) is 24.1 Å². The molecule has 2 aromatic rings. The van der Waals surface area contributed by atoms with Crippen LogP contribution < -0.4 is 4.74 Å². The number of halogens is 4. The monoisotopic (exact) mass is 386 g/mol. The molecule has 0 bridgehead atoms. The van der Waals surface area contributed by atoms with E-state index in [9.17, 15) is 13.2 Å². The summed E-state index contributed by atoms with van der Waals surface area (Å²) in [6.45, 7) is 2.90. The van der Waals surface area contributed by atoms with Gasteiger partial charge in [-0.2, -0.15) is 13.2 Å². The van der Waals surface area contributed by atoms with Crippen molar-refractivity contribution >= 4 is 11.6 Å². The molecule has 1 aliphatic rings. The summed E-state index contributed by atoms with van der Waals surface area (Å²) in [5.41, 5.74) is 1.19. The predicted octanol–water partition coefficient (Wildman–Crippen LogP) is 4.17. The van der Waals surface area contributed by atoms with Crippen molar-refractivity contribution in [2.75, 3.05) is 7.11 Å². The molecule has 1 aliphatic heterocycles. The van der Waals surface area contributed by atoms with Crippen molar-refractivity contribution in [3.05, 3.63) is 53.5 Å². The zero-order chi connectivity index (χ0) is 18.9. The second-order valence-corrected chi connectivity index (χ2v) is 5.96. The molecule has 0 amide bonds. The van der Waals surface area contributed by atoms with Gasteiger partial charge in [0.2, 0.25) is 11.6 Å². The van der Waals surface area contributed by atoms with Gasteiger partial charge in [-0.25, -0.2) is 9.97 Å². The molecule has 9 heteroatoms. The molecule has 1 saturated heterocycles. The van der Waals surface area contributed by atoms with Crippen molar-refractivity contribution in [1.82, 2.24) is 9.97 Å². The lowest BCUT2D eigenvalue weighted by Gasteiger charge is -2.14. The maximum atomic E-state index is 12.7. The summed E-state index contributed by atoms with van der Waals surface area (Å²) in [5, 5.41) is 0.481. The highest BCUT2D eigenvalue weighted by atomic mass is 35.5. The number of epoxide rings is 1. The zero-order valence-corrected chi connectivity index (χ0v) is 14.3. The average molecular weight is 387 g/mol. The van der Waals surface area contributed by atoms with Crippen molar-refractivity contribution in [2.45, 2.75) is 25.0 Å². The van der Waals surface area contributed by atoms with Gasteiger partial charge < -0.3 is 14.2 Å². The molecule has 138 valence electrons.